The van der Waals surface area contributed by atoms with Crippen molar-refractivity contribution in [1.29, 1.82) is 0 Å². The van der Waals surface area contributed by atoms with Gasteiger partial charge in [0, 0.05) is 12.3 Å². The van der Waals surface area contributed by atoms with Crippen molar-refractivity contribution in [1.82, 2.24) is 5.32 Å². The van der Waals surface area contributed by atoms with Crippen LogP contribution in [0.1, 0.15) is 46.0 Å². The maximum absolute atomic E-state index is 11.8. The highest BCUT2D eigenvalue weighted by molar-refractivity contribution is 7.80. The van der Waals surface area contributed by atoms with E-state index < -0.39 is 0 Å². The molecule has 0 bridgehead atoms. The van der Waals surface area contributed by atoms with Crippen molar-refractivity contribution in [3.05, 3.63) is 0 Å². The Morgan fingerprint density at radius 2 is 2.29 bits per heavy atom. The van der Waals surface area contributed by atoms with Gasteiger partial charge in [0.2, 0.25) is 5.91 Å². The number of rotatable bonds is 6. The third-order valence-electron chi connectivity index (χ3n) is 3.32. The van der Waals surface area contributed by atoms with Crippen LogP contribution in [0.3, 0.4) is 0 Å². The maximum atomic E-state index is 11.8. The monoisotopic (exact) mass is 259 g/mol. The SMILES string of the molecule is CCC(OC1CCCC(C)C1)C(=O)NCCS. The van der Waals surface area contributed by atoms with Gasteiger partial charge in [-0.1, -0.05) is 26.7 Å². The van der Waals surface area contributed by atoms with Gasteiger partial charge in [0.1, 0.15) is 6.10 Å². The molecule has 1 aliphatic carbocycles. The Morgan fingerprint density at radius 1 is 1.53 bits per heavy atom. The van der Waals surface area contributed by atoms with Crippen molar-refractivity contribution in [2.75, 3.05) is 12.3 Å². The second kappa shape index (κ2) is 7.98. The summed E-state index contributed by atoms with van der Waals surface area (Å²) in [5.41, 5.74) is 0. The molecule has 100 valence electrons. The minimum atomic E-state index is -0.287. The van der Waals surface area contributed by atoms with Crippen LogP contribution < -0.4 is 5.32 Å². The lowest BCUT2D eigenvalue weighted by Crippen LogP contribution is -2.40. The van der Waals surface area contributed by atoms with Crippen LogP contribution in [0.2, 0.25) is 0 Å². The van der Waals surface area contributed by atoms with Crippen LogP contribution in [0.15, 0.2) is 0 Å². The van der Waals surface area contributed by atoms with Crippen molar-refractivity contribution in [2.24, 2.45) is 5.92 Å². The molecule has 1 N–H and O–H groups in total. The molecule has 3 unspecified atom stereocenters. The van der Waals surface area contributed by atoms with Gasteiger partial charge in [0.25, 0.3) is 0 Å². The van der Waals surface area contributed by atoms with E-state index in [9.17, 15) is 4.79 Å². The molecule has 0 aromatic carbocycles. The van der Waals surface area contributed by atoms with Gasteiger partial charge in [-0.3, -0.25) is 4.79 Å². The topological polar surface area (TPSA) is 38.3 Å². The summed E-state index contributed by atoms with van der Waals surface area (Å²) >= 11 is 4.08. The molecular formula is C13H25NO2S. The lowest BCUT2D eigenvalue weighted by molar-refractivity contribution is -0.138. The van der Waals surface area contributed by atoms with E-state index in [2.05, 4.69) is 24.9 Å². The van der Waals surface area contributed by atoms with E-state index in [1.165, 1.54) is 12.8 Å². The van der Waals surface area contributed by atoms with Crippen LogP contribution in [0.5, 0.6) is 0 Å². The zero-order chi connectivity index (χ0) is 12.7. The molecule has 1 amide bonds. The summed E-state index contributed by atoms with van der Waals surface area (Å²) in [7, 11) is 0. The highest BCUT2D eigenvalue weighted by Gasteiger charge is 2.25. The fourth-order valence-corrected chi connectivity index (χ4v) is 2.48. The molecule has 0 aromatic rings. The van der Waals surface area contributed by atoms with Crippen LogP contribution in [-0.2, 0) is 9.53 Å². The third-order valence-corrected chi connectivity index (χ3v) is 3.54. The van der Waals surface area contributed by atoms with Crippen LogP contribution in [-0.4, -0.2) is 30.4 Å². The van der Waals surface area contributed by atoms with E-state index in [1.54, 1.807) is 0 Å². The zero-order valence-electron chi connectivity index (χ0n) is 10.9. The Balaban J connectivity index is 2.37. The van der Waals surface area contributed by atoms with Crippen molar-refractivity contribution < 1.29 is 9.53 Å². The lowest BCUT2D eigenvalue weighted by atomic mass is 9.88. The van der Waals surface area contributed by atoms with E-state index in [4.69, 9.17) is 4.74 Å². The van der Waals surface area contributed by atoms with Crippen LogP contribution in [0.4, 0.5) is 0 Å². The Labute approximate surface area is 110 Å². The lowest BCUT2D eigenvalue weighted by Gasteiger charge is -2.29. The first-order chi connectivity index (χ1) is 8.17. The first-order valence-corrected chi connectivity index (χ1v) is 7.34. The molecular weight excluding hydrogens is 234 g/mol. The van der Waals surface area contributed by atoms with E-state index in [-0.39, 0.29) is 18.1 Å². The second-order valence-corrected chi connectivity index (χ2v) is 5.39. The highest BCUT2D eigenvalue weighted by Crippen LogP contribution is 2.26. The summed E-state index contributed by atoms with van der Waals surface area (Å²) < 4.78 is 5.93. The van der Waals surface area contributed by atoms with Crippen molar-refractivity contribution in [3.63, 3.8) is 0 Å². The summed E-state index contributed by atoms with van der Waals surface area (Å²) in [6, 6.07) is 0. The fourth-order valence-electron chi connectivity index (χ4n) is 2.37. The number of hydrogen-bond donors (Lipinski definition) is 2. The fraction of sp³-hybridized carbons (Fsp3) is 0.923. The average Bonchev–Trinajstić information content (AvgIpc) is 2.33. The van der Waals surface area contributed by atoms with Gasteiger partial charge in [0.15, 0.2) is 0 Å². The normalized spacial score (nSPS) is 26.5. The number of hydrogen-bond acceptors (Lipinski definition) is 3. The minimum absolute atomic E-state index is 0.0137. The summed E-state index contributed by atoms with van der Waals surface area (Å²) in [4.78, 5) is 11.8. The van der Waals surface area contributed by atoms with Crippen LogP contribution in [0, 0.1) is 5.92 Å². The standard InChI is InChI=1S/C13H25NO2S/c1-3-12(13(15)14-7-8-17)16-11-6-4-5-10(2)9-11/h10-12,17H,3-9H2,1-2H3,(H,14,15). The molecule has 0 saturated heterocycles. The largest absolute Gasteiger partial charge is 0.365 e. The number of ether oxygens (including phenoxy) is 1. The molecule has 1 rings (SSSR count). The average molecular weight is 259 g/mol. The Bertz CT molecular complexity index is 235. The van der Waals surface area contributed by atoms with Crippen molar-refractivity contribution in [2.45, 2.75) is 58.2 Å². The molecule has 0 spiro atoms. The van der Waals surface area contributed by atoms with E-state index in [0.717, 1.165) is 25.2 Å². The molecule has 0 heterocycles. The number of nitrogens with one attached hydrogen (secondary N) is 1. The van der Waals surface area contributed by atoms with Gasteiger partial charge in [0.05, 0.1) is 6.10 Å². The van der Waals surface area contributed by atoms with E-state index >= 15 is 0 Å². The van der Waals surface area contributed by atoms with Gasteiger partial charge >= 0.3 is 0 Å². The molecule has 0 radical (unpaired) electrons. The van der Waals surface area contributed by atoms with Gasteiger partial charge in [-0.05, 0) is 25.2 Å². The molecule has 3 nitrogen and oxygen atoms in total. The summed E-state index contributed by atoms with van der Waals surface area (Å²) in [5, 5.41) is 2.84. The predicted octanol–water partition coefficient (Wildman–Crippen LogP) is 2.41. The van der Waals surface area contributed by atoms with Gasteiger partial charge in [-0.25, -0.2) is 0 Å². The summed E-state index contributed by atoms with van der Waals surface area (Å²) in [6.07, 6.45) is 5.43. The Morgan fingerprint density at radius 3 is 2.88 bits per heavy atom. The van der Waals surface area contributed by atoms with Gasteiger partial charge < -0.3 is 10.1 Å². The number of carbonyl (C=O) groups is 1. The van der Waals surface area contributed by atoms with Gasteiger partial charge in [-0.15, -0.1) is 0 Å². The number of carbonyl (C=O) groups excluding carboxylic acids is 1. The zero-order valence-corrected chi connectivity index (χ0v) is 11.8. The minimum Gasteiger partial charge on any atom is -0.365 e. The third kappa shape index (κ3) is 5.30. The molecule has 3 atom stereocenters. The molecule has 17 heavy (non-hydrogen) atoms. The Hall–Kier alpha value is -0.220. The first kappa shape index (κ1) is 14.8. The van der Waals surface area contributed by atoms with Gasteiger partial charge in [-0.2, -0.15) is 12.6 Å². The number of thiol groups is 1. The molecule has 1 fully saturated rings. The van der Waals surface area contributed by atoms with E-state index in [0.29, 0.717) is 12.3 Å². The second-order valence-electron chi connectivity index (χ2n) is 4.94. The van der Waals surface area contributed by atoms with Crippen molar-refractivity contribution in [3.8, 4) is 0 Å². The predicted molar refractivity (Wildman–Crippen MR) is 73.4 cm³/mol. The first-order valence-electron chi connectivity index (χ1n) is 6.71. The summed E-state index contributed by atoms with van der Waals surface area (Å²) in [5.74, 6) is 1.41. The highest BCUT2D eigenvalue weighted by atomic mass is 32.1. The molecule has 0 aliphatic heterocycles. The van der Waals surface area contributed by atoms with Crippen molar-refractivity contribution >= 4 is 18.5 Å². The summed E-state index contributed by atoms with van der Waals surface area (Å²) in [6.45, 7) is 4.87. The van der Waals surface area contributed by atoms with Crippen LogP contribution in [0.25, 0.3) is 0 Å². The van der Waals surface area contributed by atoms with E-state index in [1.807, 2.05) is 6.92 Å². The Kier molecular flexibility index (Phi) is 6.97. The number of amides is 1. The van der Waals surface area contributed by atoms with Crippen LogP contribution >= 0.6 is 12.6 Å². The molecule has 1 saturated carbocycles. The smallest absolute Gasteiger partial charge is 0.249 e. The molecule has 4 heteroatoms. The maximum Gasteiger partial charge on any atom is 0.249 e. The molecule has 0 aromatic heterocycles. The quantitative estimate of drug-likeness (QED) is 0.719. The molecule has 1 aliphatic rings.